The average Bonchev–Trinajstić information content (AvgIpc) is 2.56. The Bertz CT molecular complexity index is 540. The standard InChI is InChI=1S/C18H29N3O3/c1-5-23-15-7-6-10-19-16(15)24-13-18(2,3)17(22)20-14-8-11-21(4)12-9-14/h6-7,10,14H,5,8-9,11-13H2,1-4H3,(H,20,22). The van der Waals surface area contributed by atoms with Gasteiger partial charge in [-0.1, -0.05) is 0 Å². The Kier molecular flexibility index (Phi) is 6.43. The molecule has 1 N–H and O–H groups in total. The van der Waals surface area contributed by atoms with Crippen LogP contribution in [0.4, 0.5) is 0 Å². The number of rotatable bonds is 7. The van der Waals surface area contributed by atoms with Crippen LogP contribution in [0.1, 0.15) is 33.6 Å². The molecule has 2 rings (SSSR count). The minimum absolute atomic E-state index is 0.0194. The average molecular weight is 335 g/mol. The first-order valence-corrected chi connectivity index (χ1v) is 8.62. The first kappa shape index (κ1) is 18.5. The first-order valence-electron chi connectivity index (χ1n) is 8.62. The Balaban J connectivity index is 1.89. The molecule has 0 atom stereocenters. The van der Waals surface area contributed by atoms with Crippen LogP contribution in [-0.4, -0.2) is 55.2 Å². The van der Waals surface area contributed by atoms with Crippen LogP contribution in [0.2, 0.25) is 0 Å². The predicted octanol–water partition coefficient (Wildman–Crippen LogP) is 2.10. The zero-order valence-electron chi connectivity index (χ0n) is 15.2. The Hall–Kier alpha value is -1.82. The molecule has 1 amide bonds. The predicted molar refractivity (Wildman–Crippen MR) is 93.3 cm³/mol. The summed E-state index contributed by atoms with van der Waals surface area (Å²) in [7, 11) is 2.11. The van der Waals surface area contributed by atoms with Crippen molar-refractivity contribution >= 4 is 5.91 Å². The summed E-state index contributed by atoms with van der Waals surface area (Å²) in [6.07, 6.45) is 3.64. The van der Waals surface area contributed by atoms with Crippen LogP contribution in [0.3, 0.4) is 0 Å². The molecule has 0 spiro atoms. The molecule has 24 heavy (non-hydrogen) atoms. The van der Waals surface area contributed by atoms with Gasteiger partial charge in [-0.25, -0.2) is 4.98 Å². The number of pyridine rings is 1. The number of aromatic nitrogens is 1. The topological polar surface area (TPSA) is 63.7 Å². The highest BCUT2D eigenvalue weighted by Gasteiger charge is 2.31. The van der Waals surface area contributed by atoms with Crippen molar-refractivity contribution in [3.63, 3.8) is 0 Å². The van der Waals surface area contributed by atoms with E-state index >= 15 is 0 Å². The quantitative estimate of drug-likeness (QED) is 0.827. The number of carbonyl (C=O) groups excluding carboxylic acids is 1. The Morgan fingerprint density at radius 1 is 1.38 bits per heavy atom. The molecule has 0 aliphatic carbocycles. The van der Waals surface area contributed by atoms with Gasteiger partial charge in [-0.3, -0.25) is 4.79 Å². The number of likely N-dealkylation sites (tertiary alicyclic amines) is 1. The summed E-state index contributed by atoms with van der Waals surface area (Å²) in [5.74, 6) is 1.05. The fourth-order valence-corrected chi connectivity index (χ4v) is 2.60. The second-order valence-electron chi connectivity index (χ2n) is 6.96. The van der Waals surface area contributed by atoms with Crippen molar-refractivity contribution in [2.75, 3.05) is 33.4 Å². The van der Waals surface area contributed by atoms with Gasteiger partial charge in [-0.2, -0.15) is 0 Å². The van der Waals surface area contributed by atoms with E-state index in [1.807, 2.05) is 26.8 Å². The van der Waals surface area contributed by atoms with E-state index in [1.54, 1.807) is 12.3 Å². The fraction of sp³-hybridized carbons (Fsp3) is 0.667. The number of carbonyl (C=O) groups is 1. The van der Waals surface area contributed by atoms with Crippen molar-refractivity contribution in [3.05, 3.63) is 18.3 Å². The Morgan fingerprint density at radius 3 is 2.75 bits per heavy atom. The van der Waals surface area contributed by atoms with Gasteiger partial charge < -0.3 is 19.7 Å². The Labute approximate surface area is 144 Å². The van der Waals surface area contributed by atoms with Crippen LogP contribution in [0.15, 0.2) is 18.3 Å². The molecule has 0 saturated carbocycles. The number of hydrogen-bond acceptors (Lipinski definition) is 5. The summed E-state index contributed by atoms with van der Waals surface area (Å²) < 4.78 is 11.3. The van der Waals surface area contributed by atoms with Crippen molar-refractivity contribution in [1.82, 2.24) is 15.2 Å². The molecule has 0 radical (unpaired) electrons. The number of amides is 1. The molecule has 0 bridgehead atoms. The smallest absolute Gasteiger partial charge is 0.257 e. The van der Waals surface area contributed by atoms with Gasteiger partial charge in [0, 0.05) is 12.2 Å². The number of nitrogens with one attached hydrogen (secondary N) is 1. The minimum Gasteiger partial charge on any atom is -0.488 e. The van der Waals surface area contributed by atoms with E-state index in [0.29, 0.717) is 18.2 Å². The largest absolute Gasteiger partial charge is 0.488 e. The van der Waals surface area contributed by atoms with E-state index in [-0.39, 0.29) is 18.6 Å². The highest BCUT2D eigenvalue weighted by atomic mass is 16.5. The van der Waals surface area contributed by atoms with Gasteiger partial charge in [0.15, 0.2) is 5.75 Å². The van der Waals surface area contributed by atoms with Crippen LogP contribution in [0.25, 0.3) is 0 Å². The maximum absolute atomic E-state index is 12.6. The summed E-state index contributed by atoms with van der Waals surface area (Å²) in [4.78, 5) is 19.1. The van der Waals surface area contributed by atoms with E-state index in [0.717, 1.165) is 25.9 Å². The van der Waals surface area contributed by atoms with Gasteiger partial charge >= 0.3 is 0 Å². The lowest BCUT2D eigenvalue weighted by molar-refractivity contribution is -0.132. The molecule has 1 saturated heterocycles. The molecule has 134 valence electrons. The summed E-state index contributed by atoms with van der Waals surface area (Å²) in [5.41, 5.74) is -0.635. The lowest BCUT2D eigenvalue weighted by Gasteiger charge is -2.32. The zero-order valence-corrected chi connectivity index (χ0v) is 15.2. The summed E-state index contributed by atoms with van der Waals surface area (Å²) in [5, 5.41) is 3.16. The Morgan fingerprint density at radius 2 is 2.08 bits per heavy atom. The van der Waals surface area contributed by atoms with Crippen LogP contribution in [-0.2, 0) is 4.79 Å². The number of ether oxygens (including phenoxy) is 2. The van der Waals surface area contributed by atoms with Gasteiger partial charge in [-0.15, -0.1) is 0 Å². The monoisotopic (exact) mass is 335 g/mol. The highest BCUT2D eigenvalue weighted by Crippen LogP contribution is 2.26. The van der Waals surface area contributed by atoms with E-state index in [1.165, 1.54) is 0 Å². The maximum Gasteiger partial charge on any atom is 0.257 e. The summed E-state index contributed by atoms with van der Waals surface area (Å²) >= 11 is 0. The van der Waals surface area contributed by atoms with E-state index < -0.39 is 5.41 Å². The molecular weight excluding hydrogens is 306 g/mol. The van der Waals surface area contributed by atoms with Gasteiger partial charge in [-0.05, 0) is 65.9 Å². The van der Waals surface area contributed by atoms with E-state index in [2.05, 4.69) is 22.2 Å². The number of piperidine rings is 1. The number of hydrogen-bond donors (Lipinski definition) is 1. The molecule has 0 unspecified atom stereocenters. The lowest BCUT2D eigenvalue weighted by Crippen LogP contribution is -2.49. The summed E-state index contributed by atoms with van der Waals surface area (Å²) in [6, 6.07) is 3.87. The van der Waals surface area contributed by atoms with Gasteiger partial charge in [0.05, 0.1) is 12.0 Å². The number of nitrogens with zero attached hydrogens (tertiary/aromatic N) is 2. The van der Waals surface area contributed by atoms with Crippen LogP contribution < -0.4 is 14.8 Å². The van der Waals surface area contributed by atoms with Crippen molar-refractivity contribution in [2.24, 2.45) is 5.41 Å². The first-order chi connectivity index (χ1) is 11.4. The summed E-state index contributed by atoms with van der Waals surface area (Å²) in [6.45, 7) is 8.53. The van der Waals surface area contributed by atoms with Gasteiger partial charge in [0.2, 0.25) is 5.91 Å². The molecule has 1 fully saturated rings. The molecule has 6 nitrogen and oxygen atoms in total. The van der Waals surface area contributed by atoms with Gasteiger partial charge in [0.1, 0.15) is 6.61 Å². The lowest BCUT2D eigenvalue weighted by atomic mass is 9.92. The van der Waals surface area contributed by atoms with Crippen molar-refractivity contribution < 1.29 is 14.3 Å². The van der Waals surface area contributed by atoms with Crippen LogP contribution >= 0.6 is 0 Å². The third-order valence-electron chi connectivity index (χ3n) is 4.27. The molecule has 0 aromatic carbocycles. The third kappa shape index (κ3) is 5.09. The molecule has 1 aromatic rings. The fourth-order valence-electron chi connectivity index (χ4n) is 2.60. The van der Waals surface area contributed by atoms with E-state index in [9.17, 15) is 4.79 Å². The van der Waals surface area contributed by atoms with E-state index in [4.69, 9.17) is 9.47 Å². The molecule has 1 aliphatic heterocycles. The minimum atomic E-state index is -0.635. The molecule has 6 heteroatoms. The SMILES string of the molecule is CCOc1cccnc1OCC(C)(C)C(=O)NC1CCN(C)CC1. The molecule has 1 aliphatic rings. The zero-order chi connectivity index (χ0) is 17.6. The van der Waals surface area contributed by atoms with Crippen LogP contribution in [0, 0.1) is 5.41 Å². The highest BCUT2D eigenvalue weighted by molar-refractivity contribution is 5.82. The second-order valence-corrected chi connectivity index (χ2v) is 6.96. The van der Waals surface area contributed by atoms with Crippen molar-refractivity contribution in [2.45, 2.75) is 39.7 Å². The maximum atomic E-state index is 12.6. The van der Waals surface area contributed by atoms with Crippen molar-refractivity contribution in [1.29, 1.82) is 0 Å². The second kappa shape index (κ2) is 8.33. The van der Waals surface area contributed by atoms with Gasteiger partial charge in [0.25, 0.3) is 5.88 Å². The third-order valence-corrected chi connectivity index (χ3v) is 4.27. The normalized spacial score (nSPS) is 16.7. The van der Waals surface area contributed by atoms with Crippen LogP contribution in [0.5, 0.6) is 11.6 Å². The molecule has 1 aromatic heterocycles. The van der Waals surface area contributed by atoms with Crippen molar-refractivity contribution in [3.8, 4) is 11.6 Å². The molecular formula is C18H29N3O3. The molecule has 2 heterocycles.